The summed E-state index contributed by atoms with van der Waals surface area (Å²) in [6, 6.07) is 16.4. The number of carboxylic acids is 1. The zero-order valence-corrected chi connectivity index (χ0v) is 20.3. The smallest absolute Gasteiger partial charge is 0.407 e. The third kappa shape index (κ3) is 8.66. The van der Waals surface area contributed by atoms with Crippen LogP contribution in [0, 0.1) is 0 Å². The molecule has 3 rings (SSSR count). The van der Waals surface area contributed by atoms with Crippen molar-refractivity contribution in [1.82, 2.24) is 5.32 Å². The second-order valence-electron chi connectivity index (χ2n) is 8.30. The Morgan fingerprint density at radius 3 is 2.00 bits per heavy atom. The summed E-state index contributed by atoms with van der Waals surface area (Å²) in [6.07, 6.45) is 0.713. The monoisotopic (exact) mass is 499 g/mol. The van der Waals surface area contributed by atoms with Crippen LogP contribution < -0.4 is 5.32 Å². The normalized spacial score (nSPS) is 12.0. The highest BCUT2D eigenvalue weighted by Crippen LogP contribution is 2.44. The number of amides is 1. The van der Waals surface area contributed by atoms with E-state index in [0.29, 0.717) is 39.2 Å². The number of aliphatic carboxylic acids is 1. The van der Waals surface area contributed by atoms with E-state index in [4.69, 9.17) is 24.1 Å². The number of carbonyl (C=O) groups is 3. The summed E-state index contributed by atoms with van der Waals surface area (Å²) < 4.78 is 21.2. The molecule has 0 fully saturated rings. The van der Waals surface area contributed by atoms with Gasteiger partial charge in [0.2, 0.25) is 0 Å². The van der Waals surface area contributed by atoms with Crippen LogP contribution in [0.2, 0.25) is 0 Å². The molecule has 9 heteroatoms. The third-order valence-electron chi connectivity index (χ3n) is 5.74. The van der Waals surface area contributed by atoms with Crippen molar-refractivity contribution in [2.75, 3.05) is 46.2 Å². The summed E-state index contributed by atoms with van der Waals surface area (Å²) in [7, 11) is 0. The van der Waals surface area contributed by atoms with Crippen LogP contribution in [0.1, 0.15) is 42.7 Å². The maximum Gasteiger partial charge on any atom is 0.407 e. The van der Waals surface area contributed by atoms with Gasteiger partial charge in [0.25, 0.3) is 0 Å². The lowest BCUT2D eigenvalue weighted by Crippen LogP contribution is -2.29. The average molecular weight is 500 g/mol. The Balaban J connectivity index is 1.18. The van der Waals surface area contributed by atoms with Gasteiger partial charge in [-0.15, -0.1) is 0 Å². The number of unbranched alkanes of at least 4 members (excludes halogenated alkanes) is 1. The number of benzene rings is 2. The molecule has 36 heavy (non-hydrogen) atoms. The summed E-state index contributed by atoms with van der Waals surface area (Å²) >= 11 is 0. The zero-order chi connectivity index (χ0) is 25.6. The quantitative estimate of drug-likeness (QED) is 0.265. The SMILES string of the molecule is O=C(O)CCCCC(=O)OCCOCCOCCNC(=O)OCC1c2ccccc2-c2ccccc21. The largest absolute Gasteiger partial charge is 0.481 e. The number of fused-ring (bicyclic) bond motifs is 3. The van der Waals surface area contributed by atoms with Crippen LogP contribution in [-0.2, 0) is 28.5 Å². The Bertz CT molecular complexity index is 963. The minimum Gasteiger partial charge on any atom is -0.481 e. The number of carbonyl (C=O) groups excluding carboxylic acids is 2. The molecule has 1 aliphatic carbocycles. The van der Waals surface area contributed by atoms with Gasteiger partial charge in [0.15, 0.2) is 0 Å². The Labute approximate surface area is 210 Å². The Morgan fingerprint density at radius 1 is 0.750 bits per heavy atom. The Hall–Kier alpha value is -3.43. The van der Waals surface area contributed by atoms with Gasteiger partial charge in [-0.05, 0) is 35.1 Å². The number of hydrogen-bond acceptors (Lipinski definition) is 7. The van der Waals surface area contributed by atoms with E-state index in [1.165, 1.54) is 22.3 Å². The van der Waals surface area contributed by atoms with E-state index in [9.17, 15) is 14.4 Å². The van der Waals surface area contributed by atoms with Crippen molar-refractivity contribution in [2.24, 2.45) is 0 Å². The van der Waals surface area contributed by atoms with Crippen LogP contribution >= 0.6 is 0 Å². The van der Waals surface area contributed by atoms with Crippen molar-refractivity contribution < 1.29 is 38.4 Å². The lowest BCUT2D eigenvalue weighted by atomic mass is 9.98. The number of ether oxygens (including phenoxy) is 4. The minimum atomic E-state index is -0.869. The van der Waals surface area contributed by atoms with Gasteiger partial charge >= 0.3 is 18.0 Å². The maximum atomic E-state index is 12.1. The van der Waals surface area contributed by atoms with Gasteiger partial charge in [-0.2, -0.15) is 0 Å². The predicted molar refractivity (Wildman–Crippen MR) is 132 cm³/mol. The molecular weight excluding hydrogens is 466 g/mol. The first-order valence-electron chi connectivity index (χ1n) is 12.2. The highest BCUT2D eigenvalue weighted by atomic mass is 16.6. The lowest BCUT2D eigenvalue weighted by Gasteiger charge is -2.14. The summed E-state index contributed by atoms with van der Waals surface area (Å²) in [5, 5.41) is 11.2. The first-order valence-corrected chi connectivity index (χ1v) is 12.2. The highest BCUT2D eigenvalue weighted by molar-refractivity contribution is 5.79. The zero-order valence-electron chi connectivity index (χ0n) is 20.3. The topological polar surface area (TPSA) is 120 Å². The fourth-order valence-corrected chi connectivity index (χ4v) is 4.03. The van der Waals surface area contributed by atoms with E-state index in [1.807, 2.05) is 24.3 Å². The van der Waals surface area contributed by atoms with Crippen molar-refractivity contribution >= 4 is 18.0 Å². The van der Waals surface area contributed by atoms with Crippen LogP contribution in [0.5, 0.6) is 0 Å². The van der Waals surface area contributed by atoms with E-state index in [1.54, 1.807) is 0 Å². The van der Waals surface area contributed by atoms with Crippen LogP contribution in [-0.4, -0.2) is 69.3 Å². The lowest BCUT2D eigenvalue weighted by molar-refractivity contribution is -0.146. The van der Waals surface area contributed by atoms with Crippen LogP contribution in [0.25, 0.3) is 11.1 Å². The van der Waals surface area contributed by atoms with Gasteiger partial charge < -0.3 is 29.4 Å². The molecule has 0 bridgehead atoms. The van der Waals surface area contributed by atoms with Gasteiger partial charge in [-0.3, -0.25) is 9.59 Å². The molecule has 194 valence electrons. The third-order valence-corrected chi connectivity index (χ3v) is 5.74. The summed E-state index contributed by atoms with van der Waals surface area (Å²) in [5.41, 5.74) is 4.70. The maximum absolute atomic E-state index is 12.1. The Morgan fingerprint density at radius 2 is 1.33 bits per heavy atom. The molecule has 1 amide bonds. The van der Waals surface area contributed by atoms with Crippen LogP contribution in [0.4, 0.5) is 4.79 Å². The minimum absolute atomic E-state index is 0.0211. The second-order valence-corrected chi connectivity index (χ2v) is 8.30. The number of alkyl carbamates (subject to hydrolysis) is 1. The average Bonchev–Trinajstić information content (AvgIpc) is 3.20. The molecule has 2 aromatic rings. The fraction of sp³-hybridized carbons (Fsp3) is 0.444. The molecule has 2 N–H and O–H groups in total. The molecule has 2 aromatic carbocycles. The van der Waals surface area contributed by atoms with Crippen molar-refractivity contribution in [3.8, 4) is 11.1 Å². The molecule has 0 aliphatic heterocycles. The van der Waals surface area contributed by atoms with Gasteiger partial charge in [-0.1, -0.05) is 48.5 Å². The number of nitrogens with one attached hydrogen (secondary N) is 1. The molecule has 0 aromatic heterocycles. The van der Waals surface area contributed by atoms with E-state index in [-0.39, 0.29) is 44.5 Å². The molecule has 0 spiro atoms. The van der Waals surface area contributed by atoms with E-state index >= 15 is 0 Å². The molecule has 0 saturated heterocycles. The second kappa shape index (κ2) is 14.9. The molecule has 0 unspecified atom stereocenters. The summed E-state index contributed by atoms with van der Waals surface area (Å²) in [4.78, 5) is 34.0. The van der Waals surface area contributed by atoms with Crippen molar-refractivity contribution in [1.29, 1.82) is 0 Å². The molecule has 0 atom stereocenters. The number of hydrogen-bond donors (Lipinski definition) is 2. The fourth-order valence-electron chi connectivity index (χ4n) is 4.03. The van der Waals surface area contributed by atoms with Crippen LogP contribution in [0.3, 0.4) is 0 Å². The first kappa shape index (κ1) is 27.2. The number of rotatable bonds is 16. The number of esters is 1. The predicted octanol–water partition coefficient (Wildman–Crippen LogP) is 3.75. The van der Waals surface area contributed by atoms with Crippen molar-refractivity contribution in [3.05, 3.63) is 59.7 Å². The van der Waals surface area contributed by atoms with Gasteiger partial charge in [0, 0.05) is 25.3 Å². The van der Waals surface area contributed by atoms with Gasteiger partial charge in [0.05, 0.1) is 26.4 Å². The van der Waals surface area contributed by atoms with Crippen molar-refractivity contribution in [3.63, 3.8) is 0 Å². The van der Waals surface area contributed by atoms with Crippen molar-refractivity contribution in [2.45, 2.75) is 31.6 Å². The molecule has 0 saturated carbocycles. The highest BCUT2D eigenvalue weighted by Gasteiger charge is 2.28. The summed E-state index contributed by atoms with van der Waals surface area (Å²) in [6.45, 7) is 1.97. The Kier molecular flexibility index (Phi) is 11.2. The molecule has 0 heterocycles. The van der Waals surface area contributed by atoms with Gasteiger partial charge in [0.1, 0.15) is 13.2 Å². The molecular formula is C27H33NO8. The standard InChI is InChI=1S/C27H33NO8/c29-25(30)11-5-6-12-26(31)35-18-17-34-16-15-33-14-13-28-27(32)36-19-24-22-9-3-1-7-20(22)21-8-2-4-10-23(21)24/h1-4,7-10,24H,5-6,11-19H2,(H,28,32)(H,29,30). The first-order chi connectivity index (χ1) is 17.6. The molecule has 1 aliphatic rings. The molecule has 9 nitrogen and oxygen atoms in total. The van der Waals surface area contributed by atoms with E-state index in [2.05, 4.69) is 29.6 Å². The van der Waals surface area contributed by atoms with Gasteiger partial charge in [-0.25, -0.2) is 4.79 Å². The van der Waals surface area contributed by atoms with E-state index < -0.39 is 12.1 Å². The molecule has 0 radical (unpaired) electrons. The van der Waals surface area contributed by atoms with E-state index in [0.717, 1.165) is 0 Å². The van der Waals surface area contributed by atoms with Crippen LogP contribution in [0.15, 0.2) is 48.5 Å². The summed E-state index contributed by atoms with van der Waals surface area (Å²) in [5.74, 6) is -1.21. The number of carboxylic acid groups (broad SMARTS) is 1.